The van der Waals surface area contributed by atoms with Crippen LogP contribution < -0.4 is 5.73 Å². The van der Waals surface area contributed by atoms with Crippen LogP contribution in [-0.4, -0.2) is 21.6 Å². The van der Waals surface area contributed by atoms with Crippen LogP contribution in [0.15, 0.2) is 38.9 Å². The van der Waals surface area contributed by atoms with Gasteiger partial charge in [0, 0.05) is 18.9 Å². The first kappa shape index (κ1) is 14.2. The van der Waals surface area contributed by atoms with Crippen molar-refractivity contribution in [1.29, 1.82) is 0 Å². The van der Waals surface area contributed by atoms with Crippen molar-refractivity contribution in [3.63, 3.8) is 0 Å². The number of anilines is 1. The summed E-state index contributed by atoms with van der Waals surface area (Å²) in [5.41, 5.74) is 5.77. The van der Waals surface area contributed by atoms with Crippen LogP contribution in [0.25, 0.3) is 0 Å². The number of halogens is 1. The Morgan fingerprint density at radius 1 is 1.42 bits per heavy atom. The highest BCUT2D eigenvalue weighted by Crippen LogP contribution is 2.30. The molecular formula is C12H13BrN4OS. The largest absolute Gasteiger partial charge is 0.384 e. The van der Waals surface area contributed by atoms with Crippen LogP contribution >= 0.6 is 27.7 Å². The normalized spacial score (nSPS) is 10.6. The molecule has 0 spiro atoms. The van der Waals surface area contributed by atoms with Crippen LogP contribution in [0.3, 0.4) is 0 Å². The van der Waals surface area contributed by atoms with Gasteiger partial charge < -0.3 is 10.5 Å². The van der Waals surface area contributed by atoms with Gasteiger partial charge in [-0.1, -0.05) is 0 Å². The topological polar surface area (TPSA) is 73.9 Å². The molecule has 100 valence electrons. The summed E-state index contributed by atoms with van der Waals surface area (Å²) in [5, 5.41) is 1.59. The number of nitrogens with two attached hydrogens (primary N) is 1. The van der Waals surface area contributed by atoms with E-state index in [0.717, 1.165) is 14.5 Å². The smallest absolute Gasteiger partial charge is 0.157 e. The zero-order chi connectivity index (χ0) is 13.7. The van der Waals surface area contributed by atoms with E-state index in [2.05, 4.69) is 30.9 Å². The third-order valence-electron chi connectivity index (χ3n) is 2.13. The highest BCUT2D eigenvalue weighted by atomic mass is 79.9. The van der Waals surface area contributed by atoms with Gasteiger partial charge >= 0.3 is 0 Å². The number of rotatable bonds is 5. The standard InChI is InChI=1S/C12H13BrN4OS/c1-2-18-7-10-16-9(14)6-11(17-10)19-12-8(13)4-3-5-15-12/h3-6H,2,7H2,1H3,(H2,14,16,17). The summed E-state index contributed by atoms with van der Waals surface area (Å²) in [6, 6.07) is 5.52. The van der Waals surface area contributed by atoms with E-state index in [-0.39, 0.29) is 0 Å². The molecule has 2 N–H and O–H groups in total. The van der Waals surface area contributed by atoms with Crippen molar-refractivity contribution in [3.05, 3.63) is 34.7 Å². The molecule has 19 heavy (non-hydrogen) atoms. The quantitative estimate of drug-likeness (QED) is 0.843. The second kappa shape index (κ2) is 6.83. The number of aromatic nitrogens is 3. The maximum Gasteiger partial charge on any atom is 0.157 e. The maximum atomic E-state index is 5.77. The summed E-state index contributed by atoms with van der Waals surface area (Å²) >= 11 is 4.88. The minimum absolute atomic E-state index is 0.360. The molecule has 0 bridgehead atoms. The van der Waals surface area contributed by atoms with E-state index in [1.54, 1.807) is 12.3 Å². The van der Waals surface area contributed by atoms with Crippen LogP contribution in [0.5, 0.6) is 0 Å². The summed E-state index contributed by atoms with van der Waals surface area (Å²) in [4.78, 5) is 12.8. The van der Waals surface area contributed by atoms with E-state index in [0.29, 0.717) is 24.9 Å². The van der Waals surface area contributed by atoms with Gasteiger partial charge in [0.15, 0.2) is 5.82 Å². The molecule has 0 fully saturated rings. The molecule has 0 amide bonds. The number of hydrogen-bond acceptors (Lipinski definition) is 6. The fraction of sp³-hybridized carbons (Fsp3) is 0.250. The molecule has 2 rings (SSSR count). The van der Waals surface area contributed by atoms with Crippen molar-refractivity contribution >= 4 is 33.5 Å². The Bertz CT molecular complexity index is 567. The number of nitrogens with zero attached hydrogens (tertiary/aromatic N) is 3. The lowest BCUT2D eigenvalue weighted by Gasteiger charge is -2.06. The summed E-state index contributed by atoms with van der Waals surface area (Å²) < 4.78 is 6.21. The van der Waals surface area contributed by atoms with Gasteiger partial charge in [0.1, 0.15) is 22.5 Å². The van der Waals surface area contributed by atoms with Crippen LogP contribution in [0, 0.1) is 0 Å². The first-order valence-corrected chi connectivity index (χ1v) is 7.29. The molecule has 2 aromatic heterocycles. The van der Waals surface area contributed by atoms with Crippen molar-refractivity contribution in [1.82, 2.24) is 15.0 Å². The first-order valence-electron chi connectivity index (χ1n) is 5.68. The molecule has 2 heterocycles. The lowest BCUT2D eigenvalue weighted by atomic mass is 10.5. The van der Waals surface area contributed by atoms with E-state index >= 15 is 0 Å². The summed E-state index contributed by atoms with van der Waals surface area (Å²) in [7, 11) is 0. The second-order valence-electron chi connectivity index (χ2n) is 3.58. The maximum absolute atomic E-state index is 5.77. The van der Waals surface area contributed by atoms with Crippen molar-refractivity contribution < 1.29 is 4.74 Å². The van der Waals surface area contributed by atoms with Gasteiger partial charge in [0.25, 0.3) is 0 Å². The van der Waals surface area contributed by atoms with Crippen LogP contribution in [-0.2, 0) is 11.3 Å². The molecule has 0 unspecified atom stereocenters. The van der Waals surface area contributed by atoms with Crippen LogP contribution in [0.4, 0.5) is 5.82 Å². The average Bonchev–Trinajstić information content (AvgIpc) is 2.38. The Hall–Kier alpha value is -1.18. The van der Waals surface area contributed by atoms with Crippen LogP contribution in [0.1, 0.15) is 12.7 Å². The van der Waals surface area contributed by atoms with E-state index in [1.807, 2.05) is 19.1 Å². The van der Waals surface area contributed by atoms with Crippen LogP contribution in [0.2, 0.25) is 0 Å². The van der Waals surface area contributed by atoms with E-state index < -0.39 is 0 Å². The molecule has 5 nitrogen and oxygen atoms in total. The zero-order valence-corrected chi connectivity index (χ0v) is 12.7. The Morgan fingerprint density at radius 2 is 2.26 bits per heavy atom. The van der Waals surface area contributed by atoms with Crippen molar-refractivity contribution in [2.45, 2.75) is 23.6 Å². The molecule has 0 saturated heterocycles. The van der Waals surface area contributed by atoms with Gasteiger partial charge in [0.2, 0.25) is 0 Å². The van der Waals surface area contributed by atoms with Gasteiger partial charge in [0.05, 0.1) is 4.47 Å². The molecule has 7 heteroatoms. The Labute approximate surface area is 124 Å². The summed E-state index contributed by atoms with van der Waals surface area (Å²) in [5.74, 6) is 1.01. The van der Waals surface area contributed by atoms with Gasteiger partial charge in [-0.05, 0) is 46.7 Å². The molecule has 0 radical (unpaired) electrons. The fourth-order valence-corrected chi connectivity index (χ4v) is 2.65. The van der Waals surface area contributed by atoms with Gasteiger partial charge in [-0.15, -0.1) is 0 Å². The van der Waals surface area contributed by atoms with E-state index in [1.165, 1.54) is 11.8 Å². The summed E-state index contributed by atoms with van der Waals surface area (Å²) in [6.45, 7) is 2.90. The van der Waals surface area contributed by atoms with Crippen molar-refractivity contribution in [2.24, 2.45) is 0 Å². The molecule has 0 aliphatic carbocycles. The highest BCUT2D eigenvalue weighted by molar-refractivity contribution is 9.10. The van der Waals surface area contributed by atoms with Gasteiger partial charge in [-0.2, -0.15) is 0 Å². The zero-order valence-electron chi connectivity index (χ0n) is 10.3. The molecule has 0 saturated carbocycles. The first-order chi connectivity index (χ1) is 9.19. The Morgan fingerprint density at radius 3 is 3.00 bits per heavy atom. The summed E-state index contributed by atoms with van der Waals surface area (Å²) in [6.07, 6.45) is 1.73. The van der Waals surface area contributed by atoms with Gasteiger partial charge in [-0.3, -0.25) is 0 Å². The predicted molar refractivity (Wildman–Crippen MR) is 77.8 cm³/mol. The fourth-order valence-electron chi connectivity index (χ4n) is 1.35. The average molecular weight is 341 g/mol. The molecule has 2 aromatic rings. The molecule has 0 atom stereocenters. The SMILES string of the molecule is CCOCc1nc(N)cc(Sc2ncccc2Br)n1. The number of hydrogen-bond donors (Lipinski definition) is 1. The third-order valence-corrected chi connectivity index (χ3v) is 3.97. The Balaban J connectivity index is 2.20. The van der Waals surface area contributed by atoms with E-state index in [9.17, 15) is 0 Å². The predicted octanol–water partition coefficient (Wildman–Crippen LogP) is 2.90. The van der Waals surface area contributed by atoms with Crippen molar-refractivity contribution in [3.8, 4) is 0 Å². The van der Waals surface area contributed by atoms with Gasteiger partial charge in [-0.25, -0.2) is 15.0 Å². The van der Waals surface area contributed by atoms with E-state index in [4.69, 9.17) is 10.5 Å². The highest BCUT2D eigenvalue weighted by Gasteiger charge is 2.08. The minimum atomic E-state index is 0.360. The van der Waals surface area contributed by atoms with Crippen molar-refractivity contribution in [2.75, 3.05) is 12.3 Å². The minimum Gasteiger partial charge on any atom is -0.384 e. The number of pyridine rings is 1. The number of nitrogen functional groups attached to an aromatic ring is 1. The monoisotopic (exact) mass is 340 g/mol. The molecular weight excluding hydrogens is 328 g/mol. The molecule has 0 aliphatic heterocycles. The lowest BCUT2D eigenvalue weighted by Crippen LogP contribution is -2.03. The third kappa shape index (κ3) is 4.15. The Kier molecular flexibility index (Phi) is 5.12. The second-order valence-corrected chi connectivity index (χ2v) is 5.44. The molecule has 0 aromatic carbocycles. The number of ether oxygens (including phenoxy) is 1. The lowest BCUT2D eigenvalue weighted by molar-refractivity contribution is 0.128. The molecule has 0 aliphatic rings.